The summed E-state index contributed by atoms with van der Waals surface area (Å²) >= 11 is 3.57. The van der Waals surface area contributed by atoms with Crippen LogP contribution in [-0.4, -0.2) is 4.98 Å². The Labute approximate surface area is 132 Å². The van der Waals surface area contributed by atoms with Crippen LogP contribution in [0.1, 0.15) is 16.8 Å². The molecule has 0 unspecified atom stereocenters. The van der Waals surface area contributed by atoms with Gasteiger partial charge >= 0.3 is 0 Å². The molecule has 0 aliphatic heterocycles. The Bertz CT molecular complexity index is 775. The molecule has 21 heavy (non-hydrogen) atoms. The number of aromatic nitrogens is 1. The van der Waals surface area contributed by atoms with E-state index >= 15 is 0 Å². The second-order valence-electron chi connectivity index (χ2n) is 5.16. The molecular formula is C18H16BrNO. The van der Waals surface area contributed by atoms with Gasteiger partial charge in [0.25, 0.3) is 0 Å². The monoisotopic (exact) mass is 341 g/mol. The zero-order valence-electron chi connectivity index (χ0n) is 12.1. The van der Waals surface area contributed by atoms with E-state index < -0.39 is 0 Å². The van der Waals surface area contributed by atoms with Gasteiger partial charge in [-0.2, -0.15) is 0 Å². The highest BCUT2D eigenvalue weighted by atomic mass is 79.9. The molecule has 0 amide bonds. The number of benzene rings is 2. The fourth-order valence-corrected chi connectivity index (χ4v) is 2.56. The van der Waals surface area contributed by atoms with Crippen LogP contribution in [0.4, 0.5) is 0 Å². The van der Waals surface area contributed by atoms with Crippen molar-refractivity contribution in [2.75, 3.05) is 0 Å². The van der Waals surface area contributed by atoms with Gasteiger partial charge in [-0.05, 0) is 49.2 Å². The zero-order chi connectivity index (χ0) is 14.8. The van der Waals surface area contributed by atoms with Crippen LogP contribution in [0.3, 0.4) is 0 Å². The maximum Gasteiger partial charge on any atom is 0.130 e. The molecule has 0 aliphatic rings. The molecule has 0 fully saturated rings. The standard InChI is InChI=1S/C18H16BrNO/c1-12-9-16(10-13(2)18(12)19)21-11-15-8-7-14-5-3-4-6-17(14)20-15/h3-10H,11H2,1-2H3. The number of hydrogen-bond donors (Lipinski definition) is 0. The number of aryl methyl sites for hydroxylation is 2. The minimum Gasteiger partial charge on any atom is -0.487 e. The normalized spacial score (nSPS) is 10.8. The van der Waals surface area contributed by atoms with Crippen LogP contribution in [0, 0.1) is 13.8 Å². The van der Waals surface area contributed by atoms with E-state index in [1.807, 2.05) is 36.4 Å². The highest BCUT2D eigenvalue weighted by Crippen LogP contribution is 2.26. The molecule has 2 aromatic carbocycles. The lowest BCUT2D eigenvalue weighted by molar-refractivity contribution is 0.301. The lowest BCUT2D eigenvalue weighted by atomic mass is 10.1. The van der Waals surface area contributed by atoms with Crippen molar-refractivity contribution >= 4 is 26.8 Å². The Balaban J connectivity index is 1.80. The van der Waals surface area contributed by atoms with Crippen LogP contribution in [0.15, 0.2) is 53.0 Å². The van der Waals surface area contributed by atoms with Crippen molar-refractivity contribution in [1.29, 1.82) is 0 Å². The van der Waals surface area contributed by atoms with E-state index in [2.05, 4.69) is 46.9 Å². The van der Waals surface area contributed by atoms with Crippen molar-refractivity contribution in [3.05, 3.63) is 69.8 Å². The Morgan fingerprint density at radius 1 is 1.00 bits per heavy atom. The van der Waals surface area contributed by atoms with Crippen molar-refractivity contribution in [2.24, 2.45) is 0 Å². The van der Waals surface area contributed by atoms with E-state index in [4.69, 9.17) is 4.74 Å². The first kappa shape index (κ1) is 14.1. The summed E-state index contributed by atoms with van der Waals surface area (Å²) in [5.74, 6) is 0.878. The van der Waals surface area contributed by atoms with Gasteiger partial charge in [-0.15, -0.1) is 0 Å². The molecule has 1 aromatic heterocycles. The van der Waals surface area contributed by atoms with Crippen molar-refractivity contribution in [2.45, 2.75) is 20.5 Å². The largest absolute Gasteiger partial charge is 0.487 e. The van der Waals surface area contributed by atoms with Gasteiger partial charge in [0.1, 0.15) is 12.4 Å². The minimum atomic E-state index is 0.478. The number of ether oxygens (including phenoxy) is 1. The first-order valence-corrected chi connectivity index (χ1v) is 7.67. The van der Waals surface area contributed by atoms with E-state index in [-0.39, 0.29) is 0 Å². The molecule has 3 heteroatoms. The third-order valence-electron chi connectivity index (χ3n) is 3.45. The van der Waals surface area contributed by atoms with E-state index in [1.165, 1.54) is 11.1 Å². The van der Waals surface area contributed by atoms with Crippen molar-refractivity contribution in [1.82, 2.24) is 4.98 Å². The summed E-state index contributed by atoms with van der Waals surface area (Å²) in [6, 6.07) is 16.3. The van der Waals surface area contributed by atoms with Crippen LogP contribution in [0.2, 0.25) is 0 Å². The number of para-hydroxylation sites is 1. The number of halogens is 1. The lowest BCUT2D eigenvalue weighted by Gasteiger charge is -2.10. The average Bonchev–Trinajstić information content (AvgIpc) is 2.50. The third kappa shape index (κ3) is 3.08. The highest BCUT2D eigenvalue weighted by Gasteiger charge is 2.04. The summed E-state index contributed by atoms with van der Waals surface area (Å²) in [4.78, 5) is 4.62. The molecule has 0 bridgehead atoms. The van der Waals surface area contributed by atoms with Crippen LogP contribution < -0.4 is 4.74 Å². The molecule has 3 rings (SSSR count). The first-order valence-electron chi connectivity index (χ1n) is 6.88. The quantitative estimate of drug-likeness (QED) is 0.653. The number of hydrogen-bond acceptors (Lipinski definition) is 2. The topological polar surface area (TPSA) is 22.1 Å². The van der Waals surface area contributed by atoms with E-state index in [1.54, 1.807) is 0 Å². The SMILES string of the molecule is Cc1cc(OCc2ccc3ccccc3n2)cc(C)c1Br. The molecule has 0 atom stereocenters. The lowest BCUT2D eigenvalue weighted by Crippen LogP contribution is -1.99. The Kier molecular flexibility index (Phi) is 3.93. The van der Waals surface area contributed by atoms with Crippen LogP contribution >= 0.6 is 15.9 Å². The van der Waals surface area contributed by atoms with Gasteiger partial charge in [-0.25, -0.2) is 4.98 Å². The summed E-state index contributed by atoms with van der Waals surface area (Å²) in [6.07, 6.45) is 0. The number of fused-ring (bicyclic) bond motifs is 1. The van der Waals surface area contributed by atoms with Gasteiger partial charge in [0.2, 0.25) is 0 Å². The van der Waals surface area contributed by atoms with Gasteiger partial charge in [0.05, 0.1) is 11.2 Å². The second-order valence-corrected chi connectivity index (χ2v) is 5.95. The van der Waals surface area contributed by atoms with Crippen LogP contribution in [0.5, 0.6) is 5.75 Å². The second kappa shape index (κ2) is 5.86. The molecule has 3 aromatic rings. The molecule has 0 aliphatic carbocycles. The smallest absolute Gasteiger partial charge is 0.130 e. The molecule has 0 spiro atoms. The highest BCUT2D eigenvalue weighted by molar-refractivity contribution is 9.10. The predicted molar refractivity (Wildman–Crippen MR) is 89.7 cm³/mol. The molecule has 0 saturated carbocycles. The van der Waals surface area contributed by atoms with Gasteiger partial charge in [0.15, 0.2) is 0 Å². The fraction of sp³-hybridized carbons (Fsp3) is 0.167. The summed E-state index contributed by atoms with van der Waals surface area (Å²) in [7, 11) is 0. The van der Waals surface area contributed by atoms with Gasteiger partial charge in [0, 0.05) is 9.86 Å². The minimum absolute atomic E-state index is 0.478. The fourth-order valence-electron chi connectivity index (χ4n) is 2.34. The summed E-state index contributed by atoms with van der Waals surface area (Å²) in [5.41, 5.74) is 4.29. The maximum absolute atomic E-state index is 5.87. The summed E-state index contributed by atoms with van der Waals surface area (Å²) in [5, 5.41) is 1.15. The summed E-state index contributed by atoms with van der Waals surface area (Å²) in [6.45, 7) is 4.61. The van der Waals surface area contributed by atoms with E-state index in [9.17, 15) is 0 Å². The third-order valence-corrected chi connectivity index (χ3v) is 4.70. The molecule has 0 radical (unpaired) electrons. The van der Waals surface area contributed by atoms with E-state index in [0.717, 1.165) is 26.8 Å². The van der Waals surface area contributed by atoms with Crippen molar-refractivity contribution in [3.8, 4) is 5.75 Å². The molecule has 1 heterocycles. The number of nitrogens with zero attached hydrogens (tertiary/aromatic N) is 1. The Hall–Kier alpha value is -1.87. The average molecular weight is 342 g/mol. The zero-order valence-corrected chi connectivity index (χ0v) is 13.6. The molecule has 2 nitrogen and oxygen atoms in total. The number of pyridine rings is 1. The molecular weight excluding hydrogens is 326 g/mol. The van der Waals surface area contributed by atoms with Gasteiger partial charge < -0.3 is 4.74 Å². The van der Waals surface area contributed by atoms with Crippen molar-refractivity contribution < 1.29 is 4.74 Å². The Morgan fingerprint density at radius 3 is 2.48 bits per heavy atom. The number of rotatable bonds is 3. The van der Waals surface area contributed by atoms with E-state index in [0.29, 0.717) is 6.61 Å². The predicted octanol–water partition coefficient (Wildman–Crippen LogP) is 5.19. The van der Waals surface area contributed by atoms with Crippen molar-refractivity contribution in [3.63, 3.8) is 0 Å². The first-order chi connectivity index (χ1) is 10.1. The van der Waals surface area contributed by atoms with Gasteiger partial charge in [-0.1, -0.05) is 40.2 Å². The molecule has 0 saturated heterocycles. The van der Waals surface area contributed by atoms with Crippen LogP contribution in [0.25, 0.3) is 10.9 Å². The summed E-state index contributed by atoms with van der Waals surface area (Å²) < 4.78 is 7.01. The molecule has 0 N–H and O–H groups in total. The van der Waals surface area contributed by atoms with Gasteiger partial charge in [-0.3, -0.25) is 0 Å². The Morgan fingerprint density at radius 2 is 1.71 bits per heavy atom. The van der Waals surface area contributed by atoms with Crippen LogP contribution in [-0.2, 0) is 6.61 Å². The maximum atomic E-state index is 5.87. The molecule has 106 valence electrons.